The number of amides is 1. The second kappa shape index (κ2) is 18.0. The molecule has 1 aliphatic carbocycles. The molecule has 0 radical (unpaired) electrons. The van der Waals surface area contributed by atoms with E-state index in [4.69, 9.17) is 9.47 Å². The molecular formula is C33H50N2O3. The molecule has 0 aliphatic heterocycles. The number of benzene rings is 2. The van der Waals surface area contributed by atoms with E-state index in [0.717, 1.165) is 49.8 Å². The Balaban J connectivity index is 1.35. The maximum atomic E-state index is 13.2. The molecule has 1 fully saturated rings. The molecule has 38 heavy (non-hydrogen) atoms. The minimum absolute atomic E-state index is 0.188. The van der Waals surface area contributed by atoms with Gasteiger partial charge in [0.2, 0.25) is 0 Å². The van der Waals surface area contributed by atoms with E-state index < -0.39 is 0 Å². The van der Waals surface area contributed by atoms with E-state index in [1.807, 2.05) is 53.4 Å². The van der Waals surface area contributed by atoms with Crippen LogP contribution in [0.1, 0.15) is 88.7 Å². The van der Waals surface area contributed by atoms with E-state index in [1.165, 1.54) is 51.6 Å². The summed E-state index contributed by atoms with van der Waals surface area (Å²) in [5.74, 6) is 0. The van der Waals surface area contributed by atoms with Crippen molar-refractivity contribution in [2.24, 2.45) is 0 Å². The van der Waals surface area contributed by atoms with Gasteiger partial charge in [-0.1, -0.05) is 93.3 Å². The van der Waals surface area contributed by atoms with Crippen LogP contribution in [0.25, 0.3) is 0 Å². The zero-order valence-electron chi connectivity index (χ0n) is 23.9. The van der Waals surface area contributed by atoms with Crippen LogP contribution in [-0.4, -0.2) is 54.8 Å². The van der Waals surface area contributed by atoms with Crippen molar-refractivity contribution in [3.63, 3.8) is 0 Å². The van der Waals surface area contributed by atoms with Crippen molar-refractivity contribution in [1.82, 2.24) is 9.80 Å². The van der Waals surface area contributed by atoms with Crippen molar-refractivity contribution in [1.29, 1.82) is 0 Å². The van der Waals surface area contributed by atoms with Gasteiger partial charge in [0.25, 0.3) is 0 Å². The second-order valence-corrected chi connectivity index (χ2v) is 10.9. The quantitative estimate of drug-likeness (QED) is 0.199. The van der Waals surface area contributed by atoms with E-state index in [1.54, 1.807) is 0 Å². The Morgan fingerprint density at radius 1 is 0.789 bits per heavy atom. The largest absolute Gasteiger partial charge is 0.445 e. The van der Waals surface area contributed by atoms with E-state index >= 15 is 0 Å². The van der Waals surface area contributed by atoms with Gasteiger partial charge in [0.15, 0.2) is 0 Å². The van der Waals surface area contributed by atoms with Gasteiger partial charge in [0.05, 0.1) is 6.10 Å². The van der Waals surface area contributed by atoms with Crippen LogP contribution < -0.4 is 0 Å². The van der Waals surface area contributed by atoms with Crippen molar-refractivity contribution in [3.05, 3.63) is 71.8 Å². The zero-order valence-corrected chi connectivity index (χ0v) is 23.9. The summed E-state index contributed by atoms with van der Waals surface area (Å²) in [6, 6.07) is 20.3. The smallest absolute Gasteiger partial charge is 0.410 e. The lowest BCUT2D eigenvalue weighted by molar-refractivity contribution is 0.00194. The Morgan fingerprint density at radius 3 is 2.05 bits per heavy atom. The number of unbranched alkanes of at least 4 members (excludes halogenated alkanes) is 5. The number of rotatable bonds is 17. The fourth-order valence-electron chi connectivity index (χ4n) is 5.28. The van der Waals surface area contributed by atoms with Crippen LogP contribution >= 0.6 is 0 Å². The molecule has 2 aromatic rings. The van der Waals surface area contributed by atoms with Crippen LogP contribution in [0.5, 0.6) is 0 Å². The van der Waals surface area contributed by atoms with Crippen LogP contribution in [0.3, 0.4) is 0 Å². The molecule has 0 unspecified atom stereocenters. The van der Waals surface area contributed by atoms with Crippen molar-refractivity contribution < 1.29 is 14.3 Å². The normalized spacial score (nSPS) is 17.4. The minimum atomic E-state index is -0.224. The molecule has 3 rings (SSSR count). The lowest BCUT2D eigenvalue weighted by Gasteiger charge is -2.36. The van der Waals surface area contributed by atoms with E-state index in [-0.39, 0.29) is 12.1 Å². The third kappa shape index (κ3) is 11.6. The van der Waals surface area contributed by atoms with Crippen molar-refractivity contribution >= 4 is 6.09 Å². The number of hydrogen-bond donors (Lipinski definition) is 0. The van der Waals surface area contributed by atoms with Gasteiger partial charge in [0, 0.05) is 19.2 Å². The minimum Gasteiger partial charge on any atom is -0.445 e. The predicted octanol–water partition coefficient (Wildman–Crippen LogP) is 7.84. The van der Waals surface area contributed by atoms with Gasteiger partial charge in [-0.25, -0.2) is 4.79 Å². The average Bonchev–Trinajstić information content (AvgIpc) is 2.96. The van der Waals surface area contributed by atoms with Gasteiger partial charge in [-0.15, -0.1) is 0 Å². The summed E-state index contributed by atoms with van der Waals surface area (Å²) < 4.78 is 12.0. The highest BCUT2D eigenvalue weighted by Crippen LogP contribution is 2.27. The lowest BCUT2D eigenvalue weighted by atomic mass is 9.91. The van der Waals surface area contributed by atoms with Gasteiger partial charge < -0.3 is 19.3 Å². The summed E-state index contributed by atoms with van der Waals surface area (Å²) >= 11 is 0. The molecule has 0 aromatic heterocycles. The molecule has 0 atom stereocenters. The van der Waals surface area contributed by atoms with Gasteiger partial charge in [-0.05, 0) is 76.2 Å². The first-order valence-corrected chi connectivity index (χ1v) is 15.0. The highest BCUT2D eigenvalue weighted by molar-refractivity contribution is 5.68. The highest BCUT2D eigenvalue weighted by atomic mass is 16.6. The number of ether oxygens (including phenoxy) is 2. The summed E-state index contributed by atoms with van der Waals surface area (Å²) in [7, 11) is 2.25. The molecule has 1 saturated carbocycles. The predicted molar refractivity (Wildman–Crippen MR) is 156 cm³/mol. The first kappa shape index (κ1) is 30.2. The average molecular weight is 523 g/mol. The third-order valence-electron chi connectivity index (χ3n) is 7.65. The first-order chi connectivity index (χ1) is 18.7. The van der Waals surface area contributed by atoms with Gasteiger partial charge in [-0.3, -0.25) is 0 Å². The molecule has 5 heteroatoms. The van der Waals surface area contributed by atoms with Crippen LogP contribution in [0, 0.1) is 0 Å². The van der Waals surface area contributed by atoms with Crippen LogP contribution in [0.4, 0.5) is 4.79 Å². The summed E-state index contributed by atoms with van der Waals surface area (Å²) in [6.45, 7) is 6.44. The number of carbonyl (C=O) groups excluding carboxylic acids is 1. The molecule has 1 aliphatic rings. The SMILES string of the molecule is CCCCCN(C)CCCCCCOC1CCC(N(Cc2ccccc2)C(=O)OCc2ccccc2)CC1. The maximum absolute atomic E-state index is 13.2. The van der Waals surface area contributed by atoms with Gasteiger partial charge >= 0.3 is 6.09 Å². The van der Waals surface area contributed by atoms with Crippen LogP contribution in [0.2, 0.25) is 0 Å². The number of hydrogen-bond acceptors (Lipinski definition) is 4. The monoisotopic (exact) mass is 522 g/mol. The first-order valence-electron chi connectivity index (χ1n) is 15.0. The Labute approximate surface area is 231 Å². The zero-order chi connectivity index (χ0) is 26.8. The van der Waals surface area contributed by atoms with E-state index in [9.17, 15) is 4.79 Å². The van der Waals surface area contributed by atoms with Crippen LogP contribution in [0.15, 0.2) is 60.7 Å². The van der Waals surface area contributed by atoms with Crippen molar-refractivity contribution in [2.75, 3.05) is 26.7 Å². The summed E-state index contributed by atoms with van der Waals surface area (Å²) in [6.07, 6.45) is 12.9. The molecule has 0 saturated heterocycles. The van der Waals surface area contributed by atoms with Crippen molar-refractivity contribution in [2.45, 2.75) is 103 Å². The lowest BCUT2D eigenvalue weighted by Crippen LogP contribution is -2.43. The number of carbonyl (C=O) groups is 1. The Morgan fingerprint density at radius 2 is 1.39 bits per heavy atom. The number of nitrogens with zero attached hydrogens (tertiary/aromatic N) is 2. The summed E-state index contributed by atoms with van der Waals surface area (Å²) in [5, 5.41) is 0. The molecular weight excluding hydrogens is 472 g/mol. The topological polar surface area (TPSA) is 42.0 Å². The Kier molecular flexibility index (Phi) is 14.3. The molecule has 0 bridgehead atoms. The second-order valence-electron chi connectivity index (χ2n) is 10.9. The maximum Gasteiger partial charge on any atom is 0.410 e. The third-order valence-corrected chi connectivity index (χ3v) is 7.65. The van der Waals surface area contributed by atoms with E-state index in [2.05, 4.69) is 31.0 Å². The molecule has 5 nitrogen and oxygen atoms in total. The van der Waals surface area contributed by atoms with Crippen LogP contribution in [-0.2, 0) is 22.6 Å². The highest BCUT2D eigenvalue weighted by Gasteiger charge is 2.30. The summed E-state index contributed by atoms with van der Waals surface area (Å²) in [5.41, 5.74) is 2.14. The molecule has 0 spiro atoms. The fourth-order valence-corrected chi connectivity index (χ4v) is 5.28. The Hall–Kier alpha value is -2.37. The van der Waals surface area contributed by atoms with Gasteiger partial charge in [-0.2, -0.15) is 0 Å². The van der Waals surface area contributed by atoms with Crippen molar-refractivity contribution in [3.8, 4) is 0 Å². The molecule has 1 amide bonds. The van der Waals surface area contributed by atoms with Gasteiger partial charge in [0.1, 0.15) is 6.61 Å². The Bertz CT molecular complexity index is 868. The molecule has 2 aromatic carbocycles. The van der Waals surface area contributed by atoms with E-state index in [0.29, 0.717) is 19.3 Å². The molecule has 210 valence electrons. The standard InChI is InChI=1S/C33H50N2O3/c1-3-4-13-24-34(2)25-14-5-6-15-26-37-32-22-20-31(21-23-32)35(27-29-16-9-7-10-17-29)33(36)38-28-30-18-11-8-12-19-30/h7-12,16-19,31-32H,3-6,13-15,20-28H2,1-2H3. The molecule has 0 N–H and O–H groups in total. The molecule has 0 heterocycles. The fraction of sp³-hybridized carbons (Fsp3) is 0.606. The summed E-state index contributed by atoms with van der Waals surface area (Å²) in [4.78, 5) is 17.6.